The predicted molar refractivity (Wildman–Crippen MR) is 102 cm³/mol. The van der Waals surface area contributed by atoms with Gasteiger partial charge in [0, 0.05) is 25.4 Å². The summed E-state index contributed by atoms with van der Waals surface area (Å²) in [6.45, 7) is 4.26. The average Bonchev–Trinajstić information content (AvgIpc) is 2.99. The number of aliphatic hydroxyl groups is 1. The third-order valence-electron chi connectivity index (χ3n) is 4.69. The topological polar surface area (TPSA) is 90.3 Å². The Bertz CT molecular complexity index is 1260. The second-order valence-electron chi connectivity index (χ2n) is 6.59. The van der Waals surface area contributed by atoms with Crippen molar-refractivity contribution in [2.45, 2.75) is 33.0 Å². The van der Waals surface area contributed by atoms with Crippen LogP contribution in [-0.4, -0.2) is 19.2 Å². The molecule has 1 N–H and O–H groups in total. The van der Waals surface area contributed by atoms with E-state index in [-0.39, 0.29) is 5.56 Å². The number of fused-ring (bicyclic) bond motifs is 2. The highest BCUT2D eigenvalue weighted by Crippen LogP contribution is 2.21. The number of nitrogens with zero attached hydrogens (tertiary/aromatic N) is 3. The fraction of sp³-hybridized carbons (Fsp3) is 0.250. The molecule has 4 aromatic rings. The smallest absolute Gasteiger partial charge is 0.336 e. The number of hydrogen-bond acceptors (Lipinski definition) is 5. The zero-order valence-corrected chi connectivity index (χ0v) is 15.0. The maximum Gasteiger partial charge on any atom is 0.336 e. The number of benzene rings is 1. The van der Waals surface area contributed by atoms with Gasteiger partial charge in [-0.15, -0.1) is 0 Å². The van der Waals surface area contributed by atoms with E-state index in [2.05, 4.69) is 4.98 Å². The zero-order chi connectivity index (χ0) is 19.1. The maximum atomic E-state index is 12.8. The molecule has 0 amide bonds. The van der Waals surface area contributed by atoms with E-state index < -0.39 is 11.7 Å². The molecular weight excluding hydrogens is 346 g/mol. The number of aliphatic hydroxyl groups excluding tert-OH is 1. The highest BCUT2D eigenvalue weighted by Gasteiger charge is 2.15. The molecule has 0 aliphatic carbocycles. The van der Waals surface area contributed by atoms with Crippen LogP contribution in [0.3, 0.4) is 0 Å². The zero-order valence-electron chi connectivity index (χ0n) is 15.0. The van der Waals surface area contributed by atoms with E-state index in [4.69, 9.17) is 4.42 Å². The molecule has 0 saturated heterocycles. The van der Waals surface area contributed by atoms with E-state index in [1.807, 2.05) is 28.8 Å². The molecule has 0 radical (unpaired) electrons. The van der Waals surface area contributed by atoms with Crippen LogP contribution in [0.5, 0.6) is 0 Å². The third-order valence-corrected chi connectivity index (χ3v) is 4.69. The van der Waals surface area contributed by atoms with Gasteiger partial charge in [0.2, 0.25) is 0 Å². The van der Waals surface area contributed by atoms with Gasteiger partial charge < -0.3 is 18.7 Å². The van der Waals surface area contributed by atoms with Crippen molar-refractivity contribution in [1.29, 1.82) is 0 Å². The lowest BCUT2D eigenvalue weighted by atomic mass is 10.2. The lowest BCUT2D eigenvalue weighted by Crippen LogP contribution is -2.23. The number of rotatable bonds is 4. The second-order valence-corrected chi connectivity index (χ2v) is 6.59. The summed E-state index contributed by atoms with van der Waals surface area (Å²) >= 11 is 0. The monoisotopic (exact) mass is 365 g/mol. The Balaban J connectivity index is 1.76. The molecular formula is C20H19N3O4. The standard InChI is InChI=1S/C20H19N3O4/c1-12-11-17(25)27-16-7-8-22(20(26)18(12)16)9-10-23-15-6-4-3-5-14(15)21-19(23)13(2)24/h3-8,11,13,24H,9-10H2,1-2H3. The number of para-hydroxylation sites is 2. The molecule has 1 atom stereocenters. The van der Waals surface area contributed by atoms with Crippen LogP contribution >= 0.6 is 0 Å². The molecule has 138 valence electrons. The van der Waals surface area contributed by atoms with Gasteiger partial charge in [-0.25, -0.2) is 9.78 Å². The van der Waals surface area contributed by atoms with E-state index in [0.717, 1.165) is 11.0 Å². The van der Waals surface area contributed by atoms with Crippen LogP contribution < -0.4 is 11.2 Å². The van der Waals surface area contributed by atoms with Gasteiger partial charge in [0.05, 0.1) is 16.4 Å². The summed E-state index contributed by atoms with van der Waals surface area (Å²) in [6, 6.07) is 10.6. The summed E-state index contributed by atoms with van der Waals surface area (Å²) in [4.78, 5) is 28.8. The summed E-state index contributed by atoms with van der Waals surface area (Å²) < 4.78 is 8.62. The molecule has 0 aliphatic rings. The fourth-order valence-electron chi connectivity index (χ4n) is 3.42. The Morgan fingerprint density at radius 3 is 2.74 bits per heavy atom. The second kappa shape index (κ2) is 6.51. The number of imidazole rings is 1. The lowest BCUT2D eigenvalue weighted by molar-refractivity contribution is 0.184. The first kappa shape index (κ1) is 17.2. The predicted octanol–water partition coefficient (Wildman–Crippen LogP) is 2.37. The molecule has 0 spiro atoms. The lowest BCUT2D eigenvalue weighted by Gasteiger charge is -2.13. The Morgan fingerprint density at radius 2 is 1.96 bits per heavy atom. The van der Waals surface area contributed by atoms with E-state index in [1.165, 1.54) is 6.07 Å². The molecule has 3 aromatic heterocycles. The molecule has 0 bridgehead atoms. The Kier molecular flexibility index (Phi) is 4.16. The molecule has 3 heterocycles. The Morgan fingerprint density at radius 1 is 1.19 bits per heavy atom. The van der Waals surface area contributed by atoms with Crippen molar-refractivity contribution in [2.75, 3.05) is 0 Å². The number of pyridine rings is 1. The summed E-state index contributed by atoms with van der Waals surface area (Å²) in [5, 5.41) is 10.5. The Hall–Kier alpha value is -3.19. The molecule has 0 aliphatic heterocycles. The molecule has 1 aromatic carbocycles. The first-order chi connectivity index (χ1) is 13.0. The van der Waals surface area contributed by atoms with Gasteiger partial charge in [-0.3, -0.25) is 4.79 Å². The molecule has 7 nitrogen and oxygen atoms in total. The van der Waals surface area contributed by atoms with Crippen LogP contribution in [0, 0.1) is 6.92 Å². The van der Waals surface area contributed by atoms with Crippen LogP contribution in [0.2, 0.25) is 0 Å². The van der Waals surface area contributed by atoms with Crippen molar-refractivity contribution in [1.82, 2.24) is 14.1 Å². The average molecular weight is 365 g/mol. The minimum atomic E-state index is -0.720. The summed E-state index contributed by atoms with van der Waals surface area (Å²) in [6.07, 6.45) is 0.899. The van der Waals surface area contributed by atoms with Crippen LogP contribution in [-0.2, 0) is 13.1 Å². The van der Waals surface area contributed by atoms with Gasteiger partial charge >= 0.3 is 5.63 Å². The van der Waals surface area contributed by atoms with Crippen molar-refractivity contribution in [3.63, 3.8) is 0 Å². The number of aryl methyl sites for hydroxylation is 3. The number of hydrogen-bond donors (Lipinski definition) is 1. The minimum absolute atomic E-state index is 0.211. The highest BCUT2D eigenvalue weighted by molar-refractivity contribution is 5.78. The normalized spacial score (nSPS) is 12.7. The maximum absolute atomic E-state index is 12.8. The SMILES string of the molecule is Cc1cc(=O)oc2ccn(CCn3c(C(C)O)nc4ccccc43)c(=O)c12. The van der Waals surface area contributed by atoms with E-state index in [9.17, 15) is 14.7 Å². The molecule has 1 unspecified atom stereocenters. The van der Waals surface area contributed by atoms with Crippen LogP contribution in [0.4, 0.5) is 0 Å². The van der Waals surface area contributed by atoms with Gasteiger partial charge in [-0.1, -0.05) is 12.1 Å². The van der Waals surface area contributed by atoms with Crippen molar-refractivity contribution in [3.8, 4) is 0 Å². The van der Waals surface area contributed by atoms with Gasteiger partial charge in [0.15, 0.2) is 0 Å². The highest BCUT2D eigenvalue weighted by atomic mass is 16.4. The van der Waals surface area contributed by atoms with Gasteiger partial charge in [-0.05, 0) is 37.6 Å². The first-order valence-electron chi connectivity index (χ1n) is 8.73. The quantitative estimate of drug-likeness (QED) is 0.600. The molecule has 7 heteroatoms. The van der Waals surface area contributed by atoms with Gasteiger partial charge in [0.25, 0.3) is 5.56 Å². The largest absolute Gasteiger partial charge is 0.422 e. The van der Waals surface area contributed by atoms with Crippen LogP contribution in [0.25, 0.3) is 22.0 Å². The number of aromatic nitrogens is 3. The Labute approximate surface area is 154 Å². The minimum Gasteiger partial charge on any atom is -0.422 e. The summed E-state index contributed by atoms with van der Waals surface area (Å²) in [5.74, 6) is 0.562. The van der Waals surface area contributed by atoms with Gasteiger partial charge in [-0.2, -0.15) is 0 Å². The van der Waals surface area contributed by atoms with E-state index >= 15 is 0 Å². The molecule has 0 saturated carbocycles. The van der Waals surface area contributed by atoms with Crippen molar-refractivity contribution < 1.29 is 9.52 Å². The molecule has 4 rings (SSSR count). The van der Waals surface area contributed by atoms with Gasteiger partial charge in [0.1, 0.15) is 17.5 Å². The van der Waals surface area contributed by atoms with E-state index in [1.54, 1.807) is 30.7 Å². The summed E-state index contributed by atoms with van der Waals surface area (Å²) in [7, 11) is 0. The third kappa shape index (κ3) is 2.96. The van der Waals surface area contributed by atoms with Crippen molar-refractivity contribution in [2.24, 2.45) is 0 Å². The van der Waals surface area contributed by atoms with Crippen LogP contribution in [0.1, 0.15) is 24.4 Å². The van der Waals surface area contributed by atoms with E-state index in [0.29, 0.717) is 35.4 Å². The molecule has 27 heavy (non-hydrogen) atoms. The first-order valence-corrected chi connectivity index (χ1v) is 8.73. The van der Waals surface area contributed by atoms with Crippen molar-refractivity contribution in [3.05, 3.63) is 74.8 Å². The van der Waals surface area contributed by atoms with Crippen LogP contribution in [0.15, 0.2) is 56.6 Å². The molecule has 0 fully saturated rings. The summed E-state index contributed by atoms with van der Waals surface area (Å²) in [5.41, 5.74) is 1.92. The van der Waals surface area contributed by atoms with Crippen molar-refractivity contribution >= 4 is 22.0 Å². The fourth-order valence-corrected chi connectivity index (χ4v) is 3.42.